The number of pyridine rings is 1. The van der Waals surface area contributed by atoms with Crippen LogP contribution in [0.15, 0.2) is 6.07 Å². The molecular formula is C20H30N2O2. The summed E-state index contributed by atoms with van der Waals surface area (Å²) >= 11 is 0. The van der Waals surface area contributed by atoms with E-state index in [2.05, 4.69) is 24.1 Å². The molecule has 0 radical (unpaired) electrons. The monoisotopic (exact) mass is 330 g/mol. The first-order valence-corrected chi connectivity index (χ1v) is 9.33. The van der Waals surface area contributed by atoms with Crippen molar-refractivity contribution >= 4 is 5.97 Å². The number of aromatic nitrogens is 1. The van der Waals surface area contributed by atoms with Gasteiger partial charge in [-0.25, -0.2) is 9.78 Å². The maximum atomic E-state index is 12.0. The van der Waals surface area contributed by atoms with E-state index in [1.165, 1.54) is 50.3 Å². The fourth-order valence-electron chi connectivity index (χ4n) is 4.19. The Morgan fingerprint density at radius 1 is 1.33 bits per heavy atom. The molecule has 0 aromatic carbocycles. The molecule has 0 spiro atoms. The first-order chi connectivity index (χ1) is 11.5. The molecule has 1 N–H and O–H groups in total. The summed E-state index contributed by atoms with van der Waals surface area (Å²) in [4.78, 5) is 16.6. The smallest absolute Gasteiger partial charge is 0.356 e. The average Bonchev–Trinajstić information content (AvgIpc) is 2.90. The van der Waals surface area contributed by atoms with Gasteiger partial charge in [0.05, 0.1) is 12.8 Å². The van der Waals surface area contributed by atoms with Crippen LogP contribution in [0.2, 0.25) is 0 Å². The number of nitrogens with zero attached hydrogens (tertiary/aromatic N) is 1. The molecule has 0 unspecified atom stereocenters. The predicted octanol–water partition coefficient (Wildman–Crippen LogP) is 3.76. The molecule has 1 heterocycles. The first-order valence-electron chi connectivity index (χ1n) is 9.33. The summed E-state index contributed by atoms with van der Waals surface area (Å²) < 4.78 is 4.90. The van der Waals surface area contributed by atoms with Crippen molar-refractivity contribution in [1.82, 2.24) is 10.3 Å². The van der Waals surface area contributed by atoms with Crippen LogP contribution in [-0.2, 0) is 23.1 Å². The summed E-state index contributed by atoms with van der Waals surface area (Å²) in [5.41, 5.74) is 4.13. The highest BCUT2D eigenvalue weighted by Gasteiger charge is 2.34. The maximum absolute atomic E-state index is 12.0. The number of hydrogen-bond acceptors (Lipinski definition) is 4. The molecule has 24 heavy (non-hydrogen) atoms. The van der Waals surface area contributed by atoms with Crippen molar-refractivity contribution in [3.63, 3.8) is 0 Å². The Balaban J connectivity index is 1.76. The van der Waals surface area contributed by atoms with Crippen LogP contribution in [0.3, 0.4) is 0 Å². The molecule has 0 atom stereocenters. The molecule has 2 aliphatic carbocycles. The van der Waals surface area contributed by atoms with E-state index in [4.69, 9.17) is 4.74 Å². The highest BCUT2D eigenvalue weighted by atomic mass is 16.5. The first kappa shape index (κ1) is 17.4. The van der Waals surface area contributed by atoms with Gasteiger partial charge >= 0.3 is 5.97 Å². The molecule has 4 nitrogen and oxygen atoms in total. The van der Waals surface area contributed by atoms with Gasteiger partial charge in [0.1, 0.15) is 5.69 Å². The molecule has 1 aromatic rings. The van der Waals surface area contributed by atoms with Gasteiger partial charge in [-0.15, -0.1) is 0 Å². The quantitative estimate of drug-likeness (QED) is 0.835. The Labute approximate surface area is 145 Å². The summed E-state index contributed by atoms with van der Waals surface area (Å²) in [7, 11) is 1.42. The molecule has 0 amide bonds. The minimum absolute atomic E-state index is 0.0392. The number of nitrogens with one attached hydrogen (secondary N) is 1. The lowest BCUT2D eigenvalue weighted by molar-refractivity contribution is 0.0593. The fraction of sp³-hybridized carbons (Fsp3) is 0.700. The van der Waals surface area contributed by atoms with Crippen LogP contribution >= 0.6 is 0 Å². The number of methoxy groups -OCH3 is 1. The Kier molecular flexibility index (Phi) is 5.24. The molecular weight excluding hydrogens is 300 g/mol. The predicted molar refractivity (Wildman–Crippen MR) is 95.2 cm³/mol. The Bertz CT molecular complexity index is 604. The van der Waals surface area contributed by atoms with Crippen molar-refractivity contribution in [2.45, 2.75) is 70.8 Å². The van der Waals surface area contributed by atoms with Crippen LogP contribution in [-0.4, -0.2) is 24.6 Å². The topological polar surface area (TPSA) is 51.2 Å². The van der Waals surface area contributed by atoms with E-state index in [1.807, 2.05) is 6.07 Å². The SMILES string of the molecule is COC(=O)c1cc(CNCC2CCCCC2)c2c(n1)C(C)(C)CC2. The number of carbonyl (C=O) groups excluding carboxylic acids is 1. The third-order valence-corrected chi connectivity index (χ3v) is 5.73. The summed E-state index contributed by atoms with van der Waals surface area (Å²) in [5, 5.41) is 3.63. The second-order valence-electron chi connectivity index (χ2n) is 8.00. The number of fused-ring (bicyclic) bond motifs is 1. The van der Waals surface area contributed by atoms with E-state index < -0.39 is 0 Å². The molecule has 2 aliphatic rings. The second kappa shape index (κ2) is 7.22. The fourth-order valence-corrected chi connectivity index (χ4v) is 4.19. The third kappa shape index (κ3) is 3.64. The van der Waals surface area contributed by atoms with Gasteiger partial charge in [-0.05, 0) is 55.3 Å². The zero-order chi connectivity index (χ0) is 17.2. The van der Waals surface area contributed by atoms with E-state index in [0.29, 0.717) is 5.69 Å². The van der Waals surface area contributed by atoms with E-state index in [0.717, 1.165) is 37.5 Å². The van der Waals surface area contributed by atoms with E-state index in [9.17, 15) is 4.79 Å². The summed E-state index contributed by atoms with van der Waals surface area (Å²) in [6.07, 6.45) is 8.98. The normalized spacial score (nSPS) is 20.0. The van der Waals surface area contributed by atoms with Crippen molar-refractivity contribution in [2.24, 2.45) is 5.92 Å². The number of ether oxygens (including phenoxy) is 1. The van der Waals surface area contributed by atoms with Crippen molar-refractivity contribution in [3.8, 4) is 0 Å². The molecule has 4 heteroatoms. The lowest BCUT2D eigenvalue weighted by Gasteiger charge is -2.22. The van der Waals surface area contributed by atoms with Crippen molar-refractivity contribution < 1.29 is 9.53 Å². The van der Waals surface area contributed by atoms with Crippen LogP contribution in [0.25, 0.3) is 0 Å². The number of carbonyl (C=O) groups is 1. The van der Waals surface area contributed by atoms with Gasteiger partial charge in [0.25, 0.3) is 0 Å². The largest absolute Gasteiger partial charge is 0.464 e. The Hall–Kier alpha value is -1.42. The Morgan fingerprint density at radius 3 is 2.79 bits per heavy atom. The van der Waals surface area contributed by atoms with Gasteiger partial charge in [0.2, 0.25) is 0 Å². The number of hydrogen-bond donors (Lipinski definition) is 1. The summed E-state index contributed by atoms with van der Waals surface area (Å²) in [6, 6.07) is 1.93. The maximum Gasteiger partial charge on any atom is 0.356 e. The summed E-state index contributed by atoms with van der Waals surface area (Å²) in [6.45, 7) is 6.33. The van der Waals surface area contributed by atoms with Crippen molar-refractivity contribution in [1.29, 1.82) is 0 Å². The van der Waals surface area contributed by atoms with E-state index >= 15 is 0 Å². The molecule has 0 aliphatic heterocycles. The standard InChI is InChI=1S/C20H30N2O2/c1-20(2)10-9-16-15(11-17(19(23)24-3)22-18(16)20)13-21-12-14-7-5-4-6-8-14/h11,14,21H,4-10,12-13H2,1-3H3. The average molecular weight is 330 g/mol. The molecule has 132 valence electrons. The van der Waals surface area contributed by atoms with Gasteiger partial charge in [-0.3, -0.25) is 0 Å². The highest BCUT2D eigenvalue weighted by Crippen LogP contribution is 2.39. The molecule has 0 saturated heterocycles. The third-order valence-electron chi connectivity index (χ3n) is 5.73. The van der Waals surface area contributed by atoms with Crippen molar-refractivity contribution in [2.75, 3.05) is 13.7 Å². The van der Waals surface area contributed by atoms with Crippen LogP contribution < -0.4 is 5.32 Å². The molecule has 0 bridgehead atoms. The van der Waals surface area contributed by atoms with E-state index in [-0.39, 0.29) is 11.4 Å². The molecule has 3 rings (SSSR count). The van der Waals surface area contributed by atoms with E-state index in [1.54, 1.807) is 0 Å². The van der Waals surface area contributed by atoms with Crippen LogP contribution in [0.1, 0.15) is 79.7 Å². The number of rotatable bonds is 5. The highest BCUT2D eigenvalue weighted by molar-refractivity contribution is 5.87. The van der Waals surface area contributed by atoms with Gasteiger partial charge < -0.3 is 10.1 Å². The molecule has 1 saturated carbocycles. The minimum atomic E-state index is -0.339. The van der Waals surface area contributed by atoms with Crippen LogP contribution in [0.5, 0.6) is 0 Å². The zero-order valence-corrected chi connectivity index (χ0v) is 15.3. The van der Waals surface area contributed by atoms with Gasteiger partial charge in [-0.2, -0.15) is 0 Å². The van der Waals surface area contributed by atoms with Crippen LogP contribution in [0.4, 0.5) is 0 Å². The van der Waals surface area contributed by atoms with Crippen molar-refractivity contribution in [3.05, 3.63) is 28.6 Å². The Morgan fingerprint density at radius 2 is 2.08 bits per heavy atom. The summed E-state index contributed by atoms with van der Waals surface area (Å²) in [5.74, 6) is 0.471. The molecule has 1 fully saturated rings. The zero-order valence-electron chi connectivity index (χ0n) is 15.3. The molecule has 1 aromatic heterocycles. The number of esters is 1. The van der Waals surface area contributed by atoms with Gasteiger partial charge in [0, 0.05) is 12.0 Å². The van der Waals surface area contributed by atoms with Gasteiger partial charge in [-0.1, -0.05) is 33.1 Å². The van der Waals surface area contributed by atoms with Gasteiger partial charge in [0.15, 0.2) is 0 Å². The minimum Gasteiger partial charge on any atom is -0.464 e. The van der Waals surface area contributed by atoms with Crippen LogP contribution in [0, 0.1) is 5.92 Å². The second-order valence-corrected chi connectivity index (χ2v) is 8.00. The lowest BCUT2D eigenvalue weighted by Crippen LogP contribution is -2.25. The lowest BCUT2D eigenvalue weighted by atomic mass is 9.89.